The number of rotatable bonds is 8. The fourth-order valence-electron chi connectivity index (χ4n) is 3.10. The zero-order chi connectivity index (χ0) is 16.7. The van der Waals surface area contributed by atoms with Crippen molar-refractivity contribution in [2.24, 2.45) is 5.92 Å². The van der Waals surface area contributed by atoms with Gasteiger partial charge in [0.15, 0.2) is 11.5 Å². The smallest absolute Gasteiger partial charge is 0.161 e. The molecule has 2 rings (SSSR count). The largest absolute Gasteiger partial charge is 0.490 e. The van der Waals surface area contributed by atoms with Crippen molar-refractivity contribution in [2.45, 2.75) is 45.6 Å². The molecule has 1 aliphatic rings. The topological polar surface area (TPSA) is 41.9 Å². The van der Waals surface area contributed by atoms with Gasteiger partial charge >= 0.3 is 0 Å². The van der Waals surface area contributed by atoms with E-state index in [1.807, 2.05) is 13.0 Å². The molecule has 1 N–H and O–H groups in total. The molecule has 1 aromatic carbocycles. The molecule has 0 amide bonds. The van der Waals surface area contributed by atoms with E-state index in [4.69, 9.17) is 9.47 Å². The molecule has 2 atom stereocenters. The van der Waals surface area contributed by atoms with Crippen LogP contribution in [0.3, 0.4) is 0 Å². The molecule has 0 aliphatic carbocycles. The number of hydrogen-bond acceptors (Lipinski definition) is 4. The third kappa shape index (κ3) is 5.40. The lowest BCUT2D eigenvalue weighted by molar-refractivity contribution is 0.0366. The summed E-state index contributed by atoms with van der Waals surface area (Å²) in [6, 6.07) is 6.19. The van der Waals surface area contributed by atoms with Gasteiger partial charge in [-0.1, -0.05) is 19.4 Å². The van der Waals surface area contributed by atoms with Crippen LogP contribution in [-0.2, 0) is 6.42 Å². The molecule has 2 unspecified atom stereocenters. The number of benzene rings is 1. The maximum absolute atomic E-state index is 10.2. The summed E-state index contributed by atoms with van der Waals surface area (Å²) in [6.07, 6.45) is 3.70. The minimum Gasteiger partial charge on any atom is -0.490 e. The Labute approximate surface area is 140 Å². The van der Waals surface area contributed by atoms with Crippen molar-refractivity contribution < 1.29 is 14.6 Å². The van der Waals surface area contributed by atoms with Gasteiger partial charge < -0.3 is 19.5 Å². The quantitative estimate of drug-likeness (QED) is 0.747. The zero-order valence-electron chi connectivity index (χ0n) is 14.8. The van der Waals surface area contributed by atoms with E-state index in [1.54, 1.807) is 0 Å². The molecule has 130 valence electrons. The summed E-state index contributed by atoms with van der Waals surface area (Å²) in [4.78, 5) is 2.29. The molecule has 23 heavy (non-hydrogen) atoms. The van der Waals surface area contributed by atoms with Crippen LogP contribution in [0.25, 0.3) is 0 Å². The summed E-state index contributed by atoms with van der Waals surface area (Å²) in [5, 5.41) is 10.2. The molecule has 1 fully saturated rings. The van der Waals surface area contributed by atoms with Crippen molar-refractivity contribution in [3.05, 3.63) is 23.8 Å². The fraction of sp³-hybridized carbons (Fsp3) is 0.684. The average Bonchev–Trinajstić information content (AvgIpc) is 2.53. The summed E-state index contributed by atoms with van der Waals surface area (Å²) >= 11 is 0. The SMILES string of the molecule is CCCCOc1ccc(CC2CN(C)CCC2O)cc1OCC. The number of likely N-dealkylation sites (tertiary alicyclic amines) is 1. The average molecular weight is 321 g/mol. The van der Waals surface area contributed by atoms with Crippen molar-refractivity contribution in [2.75, 3.05) is 33.4 Å². The van der Waals surface area contributed by atoms with E-state index in [1.165, 1.54) is 5.56 Å². The minimum atomic E-state index is -0.206. The van der Waals surface area contributed by atoms with Crippen LogP contribution in [0, 0.1) is 5.92 Å². The van der Waals surface area contributed by atoms with Crippen LogP contribution < -0.4 is 9.47 Å². The van der Waals surface area contributed by atoms with Crippen molar-refractivity contribution in [3.8, 4) is 11.5 Å². The van der Waals surface area contributed by atoms with Gasteiger partial charge in [0, 0.05) is 19.0 Å². The Bertz CT molecular complexity index is 478. The van der Waals surface area contributed by atoms with Gasteiger partial charge in [0.25, 0.3) is 0 Å². The predicted molar refractivity (Wildman–Crippen MR) is 93.3 cm³/mol. The van der Waals surface area contributed by atoms with Crippen LogP contribution in [0.2, 0.25) is 0 Å². The second-order valence-corrected chi connectivity index (χ2v) is 6.50. The zero-order valence-corrected chi connectivity index (χ0v) is 14.8. The summed E-state index contributed by atoms with van der Waals surface area (Å²) in [5.74, 6) is 1.93. The molecule has 1 aliphatic heterocycles. The molecule has 1 aromatic rings. The van der Waals surface area contributed by atoms with Crippen molar-refractivity contribution in [1.29, 1.82) is 0 Å². The molecular formula is C19H31NO3. The van der Waals surface area contributed by atoms with Gasteiger partial charge in [-0.25, -0.2) is 0 Å². The molecule has 0 aromatic heterocycles. The lowest BCUT2D eigenvalue weighted by atomic mass is 9.89. The minimum absolute atomic E-state index is 0.206. The number of aliphatic hydroxyl groups is 1. The highest BCUT2D eigenvalue weighted by Gasteiger charge is 2.26. The summed E-state index contributed by atoms with van der Waals surface area (Å²) in [6.45, 7) is 7.42. The van der Waals surface area contributed by atoms with E-state index < -0.39 is 0 Å². The number of hydrogen-bond donors (Lipinski definition) is 1. The number of piperidine rings is 1. The fourth-order valence-corrected chi connectivity index (χ4v) is 3.10. The van der Waals surface area contributed by atoms with Gasteiger partial charge in [-0.15, -0.1) is 0 Å². The molecule has 1 saturated heterocycles. The van der Waals surface area contributed by atoms with Crippen LogP contribution in [-0.4, -0.2) is 49.5 Å². The van der Waals surface area contributed by atoms with Crippen molar-refractivity contribution in [3.63, 3.8) is 0 Å². The molecule has 1 heterocycles. The van der Waals surface area contributed by atoms with Gasteiger partial charge in [0.1, 0.15) is 0 Å². The third-order valence-corrected chi connectivity index (χ3v) is 4.46. The second-order valence-electron chi connectivity index (χ2n) is 6.50. The molecule has 4 heteroatoms. The summed E-state index contributed by atoms with van der Waals surface area (Å²) < 4.78 is 11.6. The summed E-state index contributed by atoms with van der Waals surface area (Å²) in [5.41, 5.74) is 1.20. The number of ether oxygens (including phenoxy) is 2. The van der Waals surface area contributed by atoms with E-state index in [9.17, 15) is 5.11 Å². The number of nitrogens with zero attached hydrogens (tertiary/aromatic N) is 1. The van der Waals surface area contributed by atoms with Crippen LogP contribution in [0.1, 0.15) is 38.7 Å². The normalized spacial score (nSPS) is 22.1. The maximum atomic E-state index is 10.2. The van der Waals surface area contributed by atoms with E-state index in [0.29, 0.717) is 6.61 Å². The van der Waals surface area contributed by atoms with Crippen LogP contribution in [0.4, 0.5) is 0 Å². The highest BCUT2D eigenvalue weighted by atomic mass is 16.5. The molecule has 0 saturated carbocycles. The molecular weight excluding hydrogens is 290 g/mol. The lowest BCUT2D eigenvalue weighted by Gasteiger charge is -2.34. The van der Waals surface area contributed by atoms with Crippen molar-refractivity contribution in [1.82, 2.24) is 4.90 Å². The first-order valence-electron chi connectivity index (χ1n) is 8.89. The first-order chi connectivity index (χ1) is 11.1. The maximum Gasteiger partial charge on any atom is 0.161 e. The van der Waals surface area contributed by atoms with E-state index in [0.717, 1.165) is 56.9 Å². The summed E-state index contributed by atoms with van der Waals surface area (Å²) in [7, 11) is 2.12. The molecule has 4 nitrogen and oxygen atoms in total. The van der Waals surface area contributed by atoms with E-state index >= 15 is 0 Å². The van der Waals surface area contributed by atoms with Gasteiger partial charge in [-0.2, -0.15) is 0 Å². The highest BCUT2D eigenvalue weighted by molar-refractivity contribution is 5.43. The Morgan fingerprint density at radius 3 is 2.78 bits per heavy atom. The lowest BCUT2D eigenvalue weighted by Crippen LogP contribution is -2.41. The van der Waals surface area contributed by atoms with Gasteiger partial charge in [-0.3, -0.25) is 0 Å². The monoisotopic (exact) mass is 321 g/mol. The Balaban J connectivity index is 2.05. The van der Waals surface area contributed by atoms with Gasteiger partial charge in [-0.05, 0) is 50.9 Å². The third-order valence-electron chi connectivity index (χ3n) is 4.46. The van der Waals surface area contributed by atoms with E-state index in [-0.39, 0.29) is 12.0 Å². The highest BCUT2D eigenvalue weighted by Crippen LogP contribution is 2.31. The first-order valence-corrected chi connectivity index (χ1v) is 8.89. The first kappa shape index (κ1) is 18.1. The van der Waals surface area contributed by atoms with Crippen LogP contribution >= 0.6 is 0 Å². The molecule has 0 bridgehead atoms. The van der Waals surface area contributed by atoms with Gasteiger partial charge in [0.2, 0.25) is 0 Å². The number of aliphatic hydroxyl groups excluding tert-OH is 1. The molecule has 0 spiro atoms. The standard InChI is InChI=1S/C19H31NO3/c1-4-6-11-23-18-8-7-15(13-19(18)22-5-2)12-16-14-20(3)10-9-17(16)21/h7-8,13,16-17,21H,4-6,9-12,14H2,1-3H3. The predicted octanol–water partition coefficient (Wildman–Crippen LogP) is 3.12. The number of unbranched alkanes of at least 4 members (excludes halogenated alkanes) is 1. The molecule has 0 radical (unpaired) electrons. The van der Waals surface area contributed by atoms with Crippen LogP contribution in [0.15, 0.2) is 18.2 Å². The second kappa shape index (κ2) is 9.14. The Morgan fingerprint density at radius 2 is 2.04 bits per heavy atom. The Hall–Kier alpha value is -1.26. The van der Waals surface area contributed by atoms with Crippen LogP contribution in [0.5, 0.6) is 11.5 Å². The van der Waals surface area contributed by atoms with E-state index in [2.05, 4.69) is 31.0 Å². The Morgan fingerprint density at radius 1 is 1.22 bits per heavy atom. The Kier molecular flexibility index (Phi) is 7.18. The van der Waals surface area contributed by atoms with Gasteiger partial charge in [0.05, 0.1) is 19.3 Å². The van der Waals surface area contributed by atoms with Crippen molar-refractivity contribution >= 4 is 0 Å².